The van der Waals surface area contributed by atoms with Crippen molar-refractivity contribution in [2.24, 2.45) is 0 Å². The Morgan fingerprint density at radius 1 is 1.00 bits per heavy atom. The topological polar surface area (TPSA) is 68.3 Å². The third-order valence-electron chi connectivity index (χ3n) is 5.65. The van der Waals surface area contributed by atoms with E-state index in [0.717, 1.165) is 47.2 Å². The fourth-order valence-electron chi connectivity index (χ4n) is 3.82. The van der Waals surface area contributed by atoms with Crippen LogP contribution < -0.4 is 10.1 Å². The lowest BCUT2D eigenvalue weighted by Crippen LogP contribution is -2.36. The minimum atomic E-state index is -0.516. The second-order valence-corrected chi connectivity index (χ2v) is 8.78. The molecule has 0 bridgehead atoms. The van der Waals surface area contributed by atoms with Crippen molar-refractivity contribution in [2.75, 3.05) is 6.61 Å². The van der Waals surface area contributed by atoms with Crippen molar-refractivity contribution in [3.63, 3.8) is 0 Å². The van der Waals surface area contributed by atoms with Gasteiger partial charge in [-0.1, -0.05) is 55.5 Å². The first-order chi connectivity index (χ1) is 15.6. The Balaban J connectivity index is 1.38. The second kappa shape index (κ2) is 10.5. The number of aromatic nitrogens is 1. The molecule has 0 saturated carbocycles. The standard InChI is InChI=1S/C26H26N2O3S/c1-2-18-8-11-21(27-17-18)14-15-31-22-12-9-19(10-13-22)16-23(20-6-4-3-5-7-20)24-25(29)32-26(30)28-24/h3-13,17,23-24H,2,14-16H2,1H3,(H,28,30). The molecule has 1 saturated heterocycles. The van der Waals surface area contributed by atoms with E-state index in [1.54, 1.807) is 0 Å². The molecule has 2 atom stereocenters. The molecular weight excluding hydrogens is 420 g/mol. The lowest BCUT2D eigenvalue weighted by atomic mass is 9.86. The van der Waals surface area contributed by atoms with E-state index in [9.17, 15) is 9.59 Å². The number of amides is 1. The van der Waals surface area contributed by atoms with E-state index in [1.165, 1.54) is 5.56 Å². The summed E-state index contributed by atoms with van der Waals surface area (Å²) in [7, 11) is 0. The van der Waals surface area contributed by atoms with Crippen LogP contribution in [-0.2, 0) is 24.1 Å². The van der Waals surface area contributed by atoms with E-state index < -0.39 is 6.04 Å². The van der Waals surface area contributed by atoms with Crippen LogP contribution in [0.15, 0.2) is 72.9 Å². The van der Waals surface area contributed by atoms with E-state index in [0.29, 0.717) is 13.0 Å². The highest BCUT2D eigenvalue weighted by Crippen LogP contribution is 2.31. The van der Waals surface area contributed by atoms with Crippen LogP contribution in [0.4, 0.5) is 4.79 Å². The molecule has 2 unspecified atom stereocenters. The van der Waals surface area contributed by atoms with Crippen LogP contribution in [0, 0.1) is 0 Å². The zero-order valence-corrected chi connectivity index (χ0v) is 18.8. The average Bonchev–Trinajstić information content (AvgIpc) is 3.17. The quantitative estimate of drug-likeness (QED) is 0.504. The summed E-state index contributed by atoms with van der Waals surface area (Å²) in [5.74, 6) is 0.683. The highest BCUT2D eigenvalue weighted by atomic mass is 32.2. The lowest BCUT2D eigenvalue weighted by Gasteiger charge is -2.22. The largest absolute Gasteiger partial charge is 0.493 e. The van der Waals surface area contributed by atoms with E-state index in [-0.39, 0.29) is 16.3 Å². The zero-order chi connectivity index (χ0) is 22.3. The molecule has 0 spiro atoms. The van der Waals surface area contributed by atoms with Gasteiger partial charge in [0, 0.05) is 36.0 Å². The molecule has 2 aromatic carbocycles. The summed E-state index contributed by atoms with van der Waals surface area (Å²) in [6.45, 7) is 2.68. The Kier molecular flexibility index (Phi) is 7.22. The first-order valence-corrected chi connectivity index (χ1v) is 11.7. The molecular formula is C26H26N2O3S. The fourth-order valence-corrected chi connectivity index (χ4v) is 4.54. The second-order valence-electron chi connectivity index (χ2n) is 7.81. The predicted octanol–water partition coefficient (Wildman–Crippen LogP) is 4.94. The van der Waals surface area contributed by atoms with Crippen LogP contribution >= 0.6 is 11.8 Å². The van der Waals surface area contributed by atoms with Crippen molar-refractivity contribution in [2.45, 2.75) is 38.1 Å². The molecule has 1 aliphatic heterocycles. The smallest absolute Gasteiger partial charge is 0.287 e. The van der Waals surface area contributed by atoms with Gasteiger partial charge in [0.1, 0.15) is 11.8 Å². The number of benzene rings is 2. The van der Waals surface area contributed by atoms with Gasteiger partial charge in [-0.25, -0.2) is 0 Å². The normalized spacial score (nSPS) is 16.6. The molecule has 3 aromatic rings. The number of ether oxygens (including phenoxy) is 1. The van der Waals surface area contributed by atoms with Crippen molar-refractivity contribution in [3.8, 4) is 5.75 Å². The van der Waals surface area contributed by atoms with Gasteiger partial charge >= 0.3 is 0 Å². The lowest BCUT2D eigenvalue weighted by molar-refractivity contribution is -0.112. The van der Waals surface area contributed by atoms with Gasteiger partial charge in [0.25, 0.3) is 5.24 Å². The van der Waals surface area contributed by atoms with Crippen LogP contribution in [-0.4, -0.2) is 28.0 Å². The number of carbonyl (C=O) groups excluding carboxylic acids is 2. The molecule has 6 heteroatoms. The summed E-state index contributed by atoms with van der Waals surface area (Å²) in [6, 6.07) is 21.5. The van der Waals surface area contributed by atoms with Crippen molar-refractivity contribution < 1.29 is 14.3 Å². The number of hydrogen-bond donors (Lipinski definition) is 1. The molecule has 0 radical (unpaired) electrons. The number of rotatable bonds is 9. The Labute approximate surface area is 192 Å². The Morgan fingerprint density at radius 3 is 2.38 bits per heavy atom. The number of thioether (sulfide) groups is 1. The van der Waals surface area contributed by atoms with E-state index in [1.807, 2.05) is 60.8 Å². The summed E-state index contributed by atoms with van der Waals surface area (Å²) in [5, 5.41) is 2.43. The first kappa shape index (κ1) is 22.1. The van der Waals surface area contributed by atoms with Gasteiger partial charge in [0.05, 0.1) is 6.61 Å². The Hall–Kier alpha value is -3.12. The van der Waals surface area contributed by atoms with Gasteiger partial charge < -0.3 is 10.1 Å². The van der Waals surface area contributed by atoms with Crippen LogP contribution in [0.2, 0.25) is 0 Å². The molecule has 5 nitrogen and oxygen atoms in total. The van der Waals surface area contributed by atoms with Crippen LogP contribution in [0.5, 0.6) is 5.75 Å². The minimum Gasteiger partial charge on any atom is -0.493 e. The highest BCUT2D eigenvalue weighted by Gasteiger charge is 2.38. The van der Waals surface area contributed by atoms with Gasteiger partial charge in [0.2, 0.25) is 5.12 Å². The molecule has 1 aliphatic rings. The summed E-state index contributed by atoms with van der Waals surface area (Å²) < 4.78 is 5.89. The number of aryl methyl sites for hydroxylation is 1. The van der Waals surface area contributed by atoms with Crippen molar-refractivity contribution in [1.29, 1.82) is 0 Å². The fraction of sp³-hybridized carbons (Fsp3) is 0.269. The SMILES string of the molecule is CCc1ccc(CCOc2ccc(CC(c3ccccc3)C3NC(=O)SC3=O)cc2)nc1. The Morgan fingerprint density at radius 2 is 1.75 bits per heavy atom. The molecule has 0 aliphatic carbocycles. The van der Waals surface area contributed by atoms with Gasteiger partial charge in [-0.3, -0.25) is 14.6 Å². The van der Waals surface area contributed by atoms with E-state index in [4.69, 9.17) is 4.74 Å². The average molecular weight is 447 g/mol. The van der Waals surface area contributed by atoms with Crippen LogP contribution in [0.25, 0.3) is 0 Å². The van der Waals surface area contributed by atoms with Crippen LogP contribution in [0.1, 0.15) is 35.2 Å². The maximum Gasteiger partial charge on any atom is 0.287 e. The third-order valence-corrected chi connectivity index (χ3v) is 6.41. The first-order valence-electron chi connectivity index (χ1n) is 10.8. The molecule has 1 fully saturated rings. The summed E-state index contributed by atoms with van der Waals surface area (Å²) >= 11 is 0.760. The van der Waals surface area contributed by atoms with Crippen molar-refractivity contribution >= 4 is 22.1 Å². The number of hydrogen-bond acceptors (Lipinski definition) is 5. The number of nitrogens with zero attached hydrogens (tertiary/aromatic N) is 1. The monoisotopic (exact) mass is 446 g/mol. The van der Waals surface area contributed by atoms with Crippen molar-refractivity contribution in [3.05, 3.63) is 95.3 Å². The molecule has 1 N–H and O–H groups in total. The van der Waals surface area contributed by atoms with E-state index in [2.05, 4.69) is 29.4 Å². The third kappa shape index (κ3) is 5.56. The Bertz CT molecular complexity index is 1050. The molecule has 1 aromatic heterocycles. The van der Waals surface area contributed by atoms with E-state index >= 15 is 0 Å². The number of nitrogens with one attached hydrogen (secondary N) is 1. The summed E-state index contributed by atoms with van der Waals surface area (Å²) in [6.07, 6.45) is 4.31. The summed E-state index contributed by atoms with van der Waals surface area (Å²) in [5.41, 5.74) is 4.37. The van der Waals surface area contributed by atoms with Gasteiger partial charge in [-0.15, -0.1) is 0 Å². The minimum absolute atomic E-state index is 0.119. The highest BCUT2D eigenvalue weighted by molar-refractivity contribution is 8.26. The molecule has 2 heterocycles. The molecule has 1 amide bonds. The molecule has 164 valence electrons. The molecule has 32 heavy (non-hydrogen) atoms. The summed E-state index contributed by atoms with van der Waals surface area (Å²) in [4.78, 5) is 28.6. The van der Waals surface area contributed by atoms with Gasteiger partial charge in [-0.2, -0.15) is 0 Å². The van der Waals surface area contributed by atoms with Gasteiger partial charge in [0.15, 0.2) is 0 Å². The van der Waals surface area contributed by atoms with Crippen molar-refractivity contribution in [1.82, 2.24) is 10.3 Å². The van der Waals surface area contributed by atoms with Crippen LogP contribution in [0.3, 0.4) is 0 Å². The zero-order valence-electron chi connectivity index (χ0n) is 18.0. The number of carbonyl (C=O) groups is 2. The number of pyridine rings is 1. The molecule has 4 rings (SSSR count). The predicted molar refractivity (Wildman–Crippen MR) is 127 cm³/mol. The maximum absolute atomic E-state index is 12.4. The maximum atomic E-state index is 12.4. The van der Waals surface area contributed by atoms with Gasteiger partial charge in [-0.05, 0) is 47.7 Å².